The first kappa shape index (κ1) is 29.7. The van der Waals surface area contributed by atoms with Gasteiger partial charge in [0.05, 0.1) is 10.8 Å². The van der Waals surface area contributed by atoms with E-state index >= 15 is 0 Å². The molecule has 0 aliphatic rings. The first-order chi connectivity index (χ1) is 5.20. The summed E-state index contributed by atoms with van der Waals surface area (Å²) >= 11 is 0. The Morgan fingerprint density at radius 2 is 0.643 bits per heavy atom. The number of rotatable bonds is 0. The summed E-state index contributed by atoms with van der Waals surface area (Å²) in [5.41, 5.74) is 0. The van der Waals surface area contributed by atoms with Crippen molar-refractivity contribution in [3.63, 3.8) is 0 Å². The van der Waals surface area contributed by atoms with E-state index in [0.717, 1.165) is 0 Å². The van der Waals surface area contributed by atoms with E-state index in [1.807, 2.05) is 0 Å². The molecule has 0 aromatic heterocycles. The summed E-state index contributed by atoms with van der Waals surface area (Å²) in [6.07, 6.45) is 0. The van der Waals surface area contributed by atoms with Gasteiger partial charge in [-0.15, -0.1) is 0 Å². The molecule has 86 valence electrons. The monoisotopic (exact) mass is 308 g/mol. The number of halogens is 3. The van der Waals surface area contributed by atoms with Gasteiger partial charge in [-0.1, -0.05) is 0 Å². The van der Waals surface area contributed by atoms with Crippen molar-refractivity contribution in [3.8, 4) is 0 Å². The Morgan fingerprint density at radius 1 is 0.643 bits per heavy atom. The van der Waals surface area contributed by atoms with Crippen LogP contribution in [0.15, 0.2) is 0 Å². The fourth-order valence-electron chi connectivity index (χ4n) is 0. The molecular weight excluding hydrogens is 305 g/mol. The number of hydrogen-bond donors (Lipinski definition) is 2. The third kappa shape index (κ3) is 663. The Hall–Kier alpha value is 1.86. The van der Waals surface area contributed by atoms with Gasteiger partial charge in [0.2, 0.25) is 0 Å². The van der Waals surface area contributed by atoms with Crippen LogP contribution in [0.3, 0.4) is 0 Å². The van der Waals surface area contributed by atoms with Gasteiger partial charge in [0.25, 0.3) is 21.6 Å². The van der Waals surface area contributed by atoms with Crippen LogP contribution in [0.4, 0.5) is 0 Å². The average Bonchev–Trinajstić information content (AvgIpc) is 1.54. The van der Waals surface area contributed by atoms with E-state index < -0.39 is 32.4 Å². The molecule has 0 unspecified atom stereocenters. The molecule has 0 aliphatic carbocycles. The summed E-state index contributed by atoms with van der Waals surface area (Å²) < 4.78 is 73.2. The molecule has 0 spiro atoms. The minimum atomic E-state index is -2.85. The molecule has 0 amide bonds. The zero-order chi connectivity index (χ0) is 10.7. The van der Waals surface area contributed by atoms with Crippen LogP contribution in [-0.4, -0.2) is 9.32 Å². The summed E-state index contributed by atoms with van der Waals surface area (Å²) in [5.74, 6) is 0. The molecule has 9 nitrogen and oxygen atoms in total. The zero-order valence-electron chi connectivity index (χ0n) is 6.39. The van der Waals surface area contributed by atoms with Crippen molar-refractivity contribution in [2.24, 2.45) is 0 Å². The van der Waals surface area contributed by atoms with Gasteiger partial charge in [0.15, 0.2) is 0 Å². The first-order valence-electron chi connectivity index (χ1n) is 1.42. The fourth-order valence-corrected chi connectivity index (χ4v) is 0. The van der Waals surface area contributed by atoms with E-state index in [9.17, 15) is 0 Å². The second-order valence-electron chi connectivity index (χ2n) is 0.591. The molecule has 14 heavy (non-hydrogen) atoms. The summed E-state index contributed by atoms with van der Waals surface area (Å²) in [5, 5.41) is 0. The van der Waals surface area contributed by atoms with Crippen molar-refractivity contribution in [1.82, 2.24) is 0 Å². The molecule has 0 atom stereocenters. The van der Waals surface area contributed by atoms with Crippen LogP contribution in [0.5, 0.6) is 0 Å². The molecule has 0 rings (SSSR count). The Bertz CT molecular complexity index is 48.5. The van der Waals surface area contributed by atoms with Crippen LogP contribution in [0.2, 0.25) is 0 Å². The van der Waals surface area contributed by atoms with Gasteiger partial charge in [0, 0.05) is 9.32 Å². The zero-order valence-corrected chi connectivity index (χ0v) is 11.7. The maximum Gasteiger partial charge on any atom is 1.00 e. The Kier molecular flexibility index (Phi) is 51.3. The standard InChI is InChI=1S/2ClHO3.ClO3.Na.H2S/c3*2-1(3)4;;/h2*2H;;;1H2/q;;-1;+1;. The molecule has 0 aromatic carbocycles. The molecule has 0 saturated carbocycles. The van der Waals surface area contributed by atoms with Crippen molar-refractivity contribution in [3.05, 3.63) is 0 Å². The molecule has 0 radical (unpaired) electrons. The summed E-state index contributed by atoms with van der Waals surface area (Å²) in [6.45, 7) is 0. The summed E-state index contributed by atoms with van der Waals surface area (Å²) in [7, 11) is -8.06. The van der Waals surface area contributed by atoms with Crippen LogP contribution in [0.25, 0.3) is 0 Å². The third-order valence-corrected chi connectivity index (χ3v) is 0. The average molecular weight is 309 g/mol. The topological polar surface area (TPSA) is 202 Å². The molecule has 0 aliphatic heterocycles. The molecule has 2 N–H and O–H groups in total. The smallest absolute Gasteiger partial charge is 0.357 e. The van der Waals surface area contributed by atoms with Crippen molar-refractivity contribution >= 4 is 13.5 Å². The molecule has 14 heteroatoms. The predicted molar refractivity (Wildman–Crippen MR) is 14.8 cm³/mol. The van der Waals surface area contributed by atoms with Crippen LogP contribution in [0, 0.1) is 32.4 Å². The summed E-state index contributed by atoms with van der Waals surface area (Å²) in [6, 6.07) is 0. The van der Waals surface area contributed by atoms with Gasteiger partial charge >= 0.3 is 29.6 Å². The van der Waals surface area contributed by atoms with E-state index in [1.165, 1.54) is 0 Å². The Balaban J connectivity index is -0.0000000270. The molecule has 0 fully saturated rings. The second-order valence-corrected chi connectivity index (χ2v) is 1.77. The Labute approximate surface area is 117 Å². The van der Waals surface area contributed by atoms with E-state index in [0.29, 0.717) is 0 Å². The van der Waals surface area contributed by atoms with Crippen molar-refractivity contribution in [2.75, 3.05) is 0 Å². The maximum absolute atomic E-state index is 8.52. The van der Waals surface area contributed by atoms with Gasteiger partial charge in [-0.3, -0.25) is 0 Å². The third-order valence-electron chi connectivity index (χ3n) is 0. The normalized spacial score (nSPS) is 7.71. The van der Waals surface area contributed by atoms with Gasteiger partial charge in [-0.2, -0.15) is 13.5 Å². The fraction of sp³-hybridized carbons (Fsp3) is 0. The van der Waals surface area contributed by atoms with Crippen LogP contribution >= 0.6 is 13.5 Å². The number of hydrogen-bond acceptors (Lipinski definition) is 9. The van der Waals surface area contributed by atoms with Crippen LogP contribution in [-0.2, 0) is 0 Å². The van der Waals surface area contributed by atoms with E-state index in [-0.39, 0.29) is 43.1 Å². The van der Waals surface area contributed by atoms with Crippen LogP contribution in [0.1, 0.15) is 0 Å². The van der Waals surface area contributed by atoms with Gasteiger partial charge in [0.1, 0.15) is 0 Å². The summed E-state index contributed by atoms with van der Waals surface area (Å²) in [4.78, 5) is 0. The second kappa shape index (κ2) is 24.2. The van der Waals surface area contributed by atoms with E-state index in [1.54, 1.807) is 0 Å². The maximum atomic E-state index is 8.52. The van der Waals surface area contributed by atoms with Gasteiger partial charge < -0.3 is 32.6 Å². The minimum absolute atomic E-state index is 0. The predicted octanol–water partition coefficient (Wildman–Crippen LogP) is -12.3. The van der Waals surface area contributed by atoms with Crippen LogP contribution < -0.4 is 62.2 Å². The largest absolute Gasteiger partial charge is 1.00 e. The van der Waals surface area contributed by atoms with Crippen molar-refractivity contribution in [1.29, 1.82) is 0 Å². The first-order valence-corrected chi connectivity index (χ1v) is 4.25. The molecule has 0 bridgehead atoms. The van der Waals surface area contributed by atoms with Crippen molar-refractivity contribution in [2.45, 2.75) is 0 Å². The Morgan fingerprint density at radius 3 is 0.643 bits per heavy atom. The van der Waals surface area contributed by atoms with Gasteiger partial charge in [-0.25, -0.2) is 0 Å². The van der Waals surface area contributed by atoms with E-state index in [2.05, 4.69) is 0 Å². The SMILES string of the molecule is S.[Na+].[O-][Cl+2]([O-])O.[O-][Cl+2]([O-])O.[O-][Cl+2]([O-])[O-]. The van der Waals surface area contributed by atoms with Crippen molar-refractivity contribution < 1.29 is 104 Å². The molecule has 0 saturated heterocycles. The van der Waals surface area contributed by atoms with Gasteiger partial charge in [-0.05, 0) is 0 Å². The molecule has 0 heterocycles. The molecular formula is H4Cl3NaO9S. The minimum Gasteiger partial charge on any atom is -0.357 e. The molecule has 0 aromatic rings. The quantitative estimate of drug-likeness (QED) is 0.407. The van der Waals surface area contributed by atoms with E-state index in [4.69, 9.17) is 41.9 Å².